The van der Waals surface area contributed by atoms with Gasteiger partial charge >= 0.3 is 123 Å². The van der Waals surface area contributed by atoms with Crippen LogP contribution in [0.15, 0.2) is 29.3 Å². The van der Waals surface area contributed by atoms with Gasteiger partial charge in [-0.1, -0.05) is 0 Å². The molecule has 0 fully saturated rings. The van der Waals surface area contributed by atoms with E-state index in [1.54, 1.807) is 0 Å². The fourth-order valence-electron chi connectivity index (χ4n) is 0.744. The van der Waals surface area contributed by atoms with E-state index in [2.05, 4.69) is 51.6 Å². The van der Waals surface area contributed by atoms with Gasteiger partial charge in [-0.2, -0.15) is 0 Å². The second-order valence-corrected chi connectivity index (χ2v) is 14.7. The van der Waals surface area contributed by atoms with Gasteiger partial charge in [0.2, 0.25) is 0 Å². The first-order valence-corrected chi connectivity index (χ1v) is 11.9. The van der Waals surface area contributed by atoms with E-state index < -0.39 is 11.0 Å². The van der Waals surface area contributed by atoms with Crippen molar-refractivity contribution in [3.8, 4) is 0 Å². The quantitative estimate of drug-likeness (QED) is 0.437. The van der Waals surface area contributed by atoms with Crippen LogP contribution in [0.1, 0.15) is 0 Å². The number of benzene rings is 1. The van der Waals surface area contributed by atoms with Crippen molar-refractivity contribution in [2.75, 3.05) is 0 Å². The summed E-state index contributed by atoms with van der Waals surface area (Å²) in [5.74, 6) is 0. The van der Waals surface area contributed by atoms with E-state index in [4.69, 9.17) is 29.5 Å². The topological polar surface area (TPSA) is 12.4 Å². The Morgan fingerprint density at radius 2 is 1.43 bits per heavy atom. The molecule has 14 heavy (non-hydrogen) atoms. The Morgan fingerprint density at radius 3 is 1.79 bits per heavy atom. The summed E-state index contributed by atoms with van der Waals surface area (Å²) in [6.07, 6.45) is 0. The molecule has 0 saturated heterocycles. The zero-order chi connectivity index (χ0) is 10.9. The Balaban J connectivity index is 3.37. The van der Waals surface area contributed by atoms with Crippen molar-refractivity contribution < 1.29 is 11.0 Å². The van der Waals surface area contributed by atoms with Crippen LogP contribution in [0.2, 0.25) is 0 Å². The monoisotopic (exact) mass is 481 g/mol. The molecule has 0 spiro atoms. The van der Waals surface area contributed by atoms with Crippen LogP contribution in [0.3, 0.4) is 0 Å². The summed E-state index contributed by atoms with van der Waals surface area (Å²) < 4.78 is 6.57. The summed E-state index contributed by atoms with van der Waals surface area (Å²) in [5.41, 5.74) is 0.640. The van der Waals surface area contributed by atoms with Crippen LogP contribution >= 0.6 is 77.3 Å². The number of rotatable bonds is 1. The maximum atomic E-state index is 5.73. The van der Waals surface area contributed by atoms with Crippen LogP contribution in [0.5, 0.6) is 0 Å². The maximum absolute atomic E-state index is 5.73. The summed E-state index contributed by atoms with van der Waals surface area (Å²) in [6, 6.07) is 3.69. The standard InChI is InChI=1S/C6H2Br3N.3ClH.V/c7-3-1-4(8)6(10)5(9)2-3;;;;/h1-2H;3*1H;/q;;;;+3/p-3. The number of nitrogens with zero attached hydrogens (tertiary/aromatic N) is 1. The molecule has 1 rings (SSSR count). The van der Waals surface area contributed by atoms with Crippen LogP contribution in [-0.4, -0.2) is 0 Å². The molecule has 0 aliphatic rings. The van der Waals surface area contributed by atoms with E-state index >= 15 is 0 Å². The van der Waals surface area contributed by atoms with Crippen LogP contribution in [0, 0.1) is 0 Å². The van der Waals surface area contributed by atoms with Gasteiger partial charge in [0.25, 0.3) is 0 Å². The van der Waals surface area contributed by atoms with Gasteiger partial charge in [0, 0.05) is 0 Å². The van der Waals surface area contributed by atoms with Gasteiger partial charge in [-0.3, -0.25) is 0 Å². The Labute approximate surface area is 122 Å². The SMILES string of the molecule is [Cl][V]([Cl])([Cl])=[N]c1c(Br)cc(Br)cc1Br. The van der Waals surface area contributed by atoms with Crippen molar-refractivity contribution >= 4 is 83.0 Å². The van der Waals surface area contributed by atoms with Crippen molar-refractivity contribution in [1.29, 1.82) is 0 Å². The Morgan fingerprint density at radius 1 is 1.00 bits per heavy atom. The predicted octanol–water partition coefficient (Wildman–Crippen LogP) is 6.40. The first-order valence-electron chi connectivity index (χ1n) is 3.15. The first kappa shape index (κ1) is 14.0. The molecule has 0 aromatic heterocycles. The van der Waals surface area contributed by atoms with Gasteiger partial charge < -0.3 is 0 Å². The molecule has 0 radical (unpaired) electrons. The fourth-order valence-corrected chi connectivity index (χ4v) is 5.24. The Hall–Kier alpha value is 1.91. The summed E-state index contributed by atoms with van der Waals surface area (Å²) in [7, 11) is 13.9. The van der Waals surface area contributed by atoms with Gasteiger partial charge in [0.05, 0.1) is 0 Å². The molecule has 0 aliphatic carbocycles. The van der Waals surface area contributed by atoms with Crippen molar-refractivity contribution in [2.24, 2.45) is 3.79 Å². The molecule has 1 nitrogen and oxygen atoms in total. The third-order valence-electron chi connectivity index (χ3n) is 1.20. The molecule has 1 aromatic carbocycles. The van der Waals surface area contributed by atoms with Gasteiger partial charge in [0.15, 0.2) is 0 Å². The first-order chi connectivity index (χ1) is 6.29. The van der Waals surface area contributed by atoms with Crippen molar-refractivity contribution in [2.45, 2.75) is 0 Å². The molecule has 0 heterocycles. The van der Waals surface area contributed by atoms with Crippen LogP contribution < -0.4 is 0 Å². The second-order valence-electron chi connectivity index (χ2n) is 2.24. The molecule has 0 saturated carbocycles. The molecule has 0 N–H and O–H groups in total. The second kappa shape index (κ2) is 5.50. The van der Waals surface area contributed by atoms with E-state index in [0.717, 1.165) is 13.4 Å². The molecule has 0 amide bonds. The zero-order valence-electron chi connectivity index (χ0n) is 6.32. The number of halogens is 6. The van der Waals surface area contributed by atoms with E-state index in [9.17, 15) is 0 Å². The van der Waals surface area contributed by atoms with Crippen molar-refractivity contribution in [3.63, 3.8) is 0 Å². The third kappa shape index (κ3) is 4.42. The van der Waals surface area contributed by atoms with E-state index in [1.807, 2.05) is 12.1 Å². The molecule has 0 unspecified atom stereocenters. The third-order valence-corrected chi connectivity index (χ3v) is 4.46. The Bertz CT molecular complexity index is 386. The summed E-state index contributed by atoms with van der Waals surface area (Å²) in [4.78, 5) is 0. The Kier molecular flexibility index (Phi) is 5.49. The number of hydrogen-bond donors (Lipinski definition) is 0. The van der Waals surface area contributed by atoms with Gasteiger partial charge in [-0.15, -0.1) is 0 Å². The van der Waals surface area contributed by atoms with Crippen molar-refractivity contribution in [1.82, 2.24) is 0 Å². The molecule has 1 aromatic rings. The average molecular weight is 485 g/mol. The molecule has 78 valence electrons. The predicted molar refractivity (Wildman–Crippen MR) is 69.2 cm³/mol. The average Bonchev–Trinajstić information content (AvgIpc) is 1.95. The van der Waals surface area contributed by atoms with E-state index in [-0.39, 0.29) is 0 Å². The minimum absolute atomic E-state index is 0.640. The van der Waals surface area contributed by atoms with E-state index in [0.29, 0.717) is 5.69 Å². The van der Waals surface area contributed by atoms with Crippen LogP contribution in [0.4, 0.5) is 5.69 Å². The molecule has 8 heteroatoms. The fraction of sp³-hybridized carbons (Fsp3) is 0. The molecule has 0 bridgehead atoms. The van der Waals surface area contributed by atoms with Crippen LogP contribution in [0.25, 0.3) is 0 Å². The van der Waals surface area contributed by atoms with E-state index in [1.165, 1.54) is 0 Å². The molecule has 0 atom stereocenters. The number of hydrogen-bond acceptors (Lipinski definition) is 1. The van der Waals surface area contributed by atoms with Gasteiger partial charge in [-0.25, -0.2) is 0 Å². The minimum atomic E-state index is -3.33. The van der Waals surface area contributed by atoms with Crippen molar-refractivity contribution in [3.05, 3.63) is 25.6 Å². The summed E-state index contributed by atoms with van der Waals surface area (Å²) >= 11 is 10.0. The summed E-state index contributed by atoms with van der Waals surface area (Å²) in [5, 5.41) is 0. The normalized spacial score (nSPS) is 11.6. The van der Waals surface area contributed by atoms with Gasteiger partial charge in [0.1, 0.15) is 0 Å². The zero-order valence-corrected chi connectivity index (χ0v) is 14.7. The molecular weight excluding hydrogens is 483 g/mol. The van der Waals surface area contributed by atoms with Crippen LogP contribution in [-0.2, 0) is 11.0 Å². The summed E-state index contributed by atoms with van der Waals surface area (Å²) in [6.45, 7) is 0. The van der Waals surface area contributed by atoms with Gasteiger partial charge in [-0.05, 0) is 0 Å². The molecule has 0 aliphatic heterocycles. The molecular formula is C6H2Br3Cl3NV.